The summed E-state index contributed by atoms with van der Waals surface area (Å²) in [5.41, 5.74) is 1.50. The summed E-state index contributed by atoms with van der Waals surface area (Å²) in [5, 5.41) is 6.26. The Morgan fingerprint density at radius 3 is 2.32 bits per heavy atom. The number of carbonyl (C=O) groups is 2. The van der Waals surface area contributed by atoms with Gasteiger partial charge in [-0.05, 0) is 48.4 Å². The van der Waals surface area contributed by atoms with Gasteiger partial charge < -0.3 is 10.6 Å². The molecule has 0 aromatic heterocycles. The molecule has 0 atom stereocenters. The van der Waals surface area contributed by atoms with Gasteiger partial charge in [0.1, 0.15) is 0 Å². The standard InChI is InChI=1S/C16H14Cl2N2O2/c17-12-4-6-14(7-5-12)20-16(22)15(21)19-9-8-11-2-1-3-13(18)10-11/h1-7,10H,8-9H2,(H,19,21)(H,20,22). The molecule has 4 nitrogen and oxygen atoms in total. The van der Waals surface area contributed by atoms with Crippen molar-refractivity contribution in [3.8, 4) is 0 Å². The summed E-state index contributed by atoms with van der Waals surface area (Å²) in [6.45, 7) is 0.354. The molecule has 0 aliphatic heterocycles. The van der Waals surface area contributed by atoms with Crippen molar-refractivity contribution in [2.75, 3.05) is 11.9 Å². The van der Waals surface area contributed by atoms with Crippen LogP contribution in [0.25, 0.3) is 0 Å². The smallest absolute Gasteiger partial charge is 0.313 e. The van der Waals surface area contributed by atoms with Crippen LogP contribution in [0.1, 0.15) is 5.56 Å². The van der Waals surface area contributed by atoms with E-state index in [1.807, 2.05) is 18.2 Å². The minimum absolute atomic E-state index is 0.354. The van der Waals surface area contributed by atoms with E-state index < -0.39 is 11.8 Å². The molecule has 22 heavy (non-hydrogen) atoms. The van der Waals surface area contributed by atoms with Gasteiger partial charge in [0.05, 0.1) is 0 Å². The number of hydrogen-bond donors (Lipinski definition) is 2. The average Bonchev–Trinajstić information content (AvgIpc) is 2.49. The van der Waals surface area contributed by atoms with Gasteiger partial charge in [-0.3, -0.25) is 9.59 Å². The number of hydrogen-bond acceptors (Lipinski definition) is 2. The molecular weight excluding hydrogens is 323 g/mol. The Balaban J connectivity index is 1.79. The largest absolute Gasteiger partial charge is 0.347 e. The molecule has 0 spiro atoms. The second-order valence-corrected chi connectivity index (χ2v) is 5.47. The Morgan fingerprint density at radius 2 is 1.64 bits per heavy atom. The number of benzene rings is 2. The van der Waals surface area contributed by atoms with Crippen LogP contribution in [0, 0.1) is 0 Å². The zero-order chi connectivity index (χ0) is 15.9. The summed E-state index contributed by atoms with van der Waals surface area (Å²) in [4.78, 5) is 23.4. The highest BCUT2D eigenvalue weighted by Crippen LogP contribution is 2.13. The molecule has 114 valence electrons. The summed E-state index contributed by atoms with van der Waals surface area (Å²) in [6.07, 6.45) is 0.598. The van der Waals surface area contributed by atoms with Gasteiger partial charge in [0.25, 0.3) is 0 Å². The molecule has 2 N–H and O–H groups in total. The van der Waals surface area contributed by atoms with Gasteiger partial charge >= 0.3 is 11.8 Å². The maximum Gasteiger partial charge on any atom is 0.313 e. The van der Waals surface area contributed by atoms with Gasteiger partial charge in [0.2, 0.25) is 0 Å². The lowest BCUT2D eigenvalue weighted by molar-refractivity contribution is -0.136. The number of amides is 2. The van der Waals surface area contributed by atoms with Crippen LogP contribution in [-0.2, 0) is 16.0 Å². The lowest BCUT2D eigenvalue weighted by Gasteiger charge is -2.07. The highest BCUT2D eigenvalue weighted by molar-refractivity contribution is 6.39. The van der Waals surface area contributed by atoms with Gasteiger partial charge in [-0.1, -0.05) is 35.3 Å². The zero-order valence-electron chi connectivity index (χ0n) is 11.6. The predicted octanol–water partition coefficient (Wildman–Crippen LogP) is 3.29. The van der Waals surface area contributed by atoms with Crippen molar-refractivity contribution in [2.24, 2.45) is 0 Å². The summed E-state index contributed by atoms with van der Waals surface area (Å²) < 4.78 is 0. The maximum atomic E-state index is 11.7. The molecule has 6 heteroatoms. The molecule has 0 radical (unpaired) electrons. The second kappa shape index (κ2) is 7.82. The number of rotatable bonds is 4. The summed E-state index contributed by atoms with van der Waals surface area (Å²) in [7, 11) is 0. The summed E-state index contributed by atoms with van der Waals surface area (Å²) in [6, 6.07) is 13.9. The van der Waals surface area contributed by atoms with Crippen LogP contribution in [0.4, 0.5) is 5.69 Å². The first-order valence-electron chi connectivity index (χ1n) is 6.64. The predicted molar refractivity (Wildman–Crippen MR) is 88.2 cm³/mol. The van der Waals surface area contributed by atoms with E-state index in [1.54, 1.807) is 30.3 Å². The molecule has 0 bridgehead atoms. The summed E-state index contributed by atoms with van der Waals surface area (Å²) in [5.74, 6) is -1.40. The van der Waals surface area contributed by atoms with Crippen LogP contribution in [0.15, 0.2) is 48.5 Å². The van der Waals surface area contributed by atoms with E-state index >= 15 is 0 Å². The molecule has 0 saturated carbocycles. The van der Waals surface area contributed by atoms with Gasteiger partial charge in [-0.25, -0.2) is 0 Å². The van der Waals surface area contributed by atoms with Crippen molar-refractivity contribution >= 4 is 40.7 Å². The van der Waals surface area contributed by atoms with Crippen LogP contribution in [0.5, 0.6) is 0 Å². The first-order chi connectivity index (χ1) is 10.5. The van der Waals surface area contributed by atoms with Gasteiger partial charge in [0, 0.05) is 22.3 Å². The van der Waals surface area contributed by atoms with E-state index in [0.717, 1.165) is 5.56 Å². The molecule has 0 saturated heterocycles. The number of halogens is 2. The quantitative estimate of drug-likeness (QED) is 0.841. The minimum atomic E-state index is -0.714. The first kappa shape index (κ1) is 16.3. The molecule has 0 aliphatic carbocycles. The first-order valence-corrected chi connectivity index (χ1v) is 7.39. The van der Waals surface area contributed by atoms with Crippen molar-refractivity contribution in [3.63, 3.8) is 0 Å². The fourth-order valence-corrected chi connectivity index (χ4v) is 2.15. The third-order valence-electron chi connectivity index (χ3n) is 2.90. The van der Waals surface area contributed by atoms with Gasteiger partial charge in [-0.2, -0.15) is 0 Å². The van der Waals surface area contributed by atoms with Gasteiger partial charge in [0.15, 0.2) is 0 Å². The Hall–Kier alpha value is -2.04. The molecule has 0 fully saturated rings. The molecule has 2 rings (SSSR count). The van der Waals surface area contributed by atoms with Crippen molar-refractivity contribution in [1.29, 1.82) is 0 Å². The highest BCUT2D eigenvalue weighted by atomic mass is 35.5. The topological polar surface area (TPSA) is 58.2 Å². The maximum absolute atomic E-state index is 11.7. The average molecular weight is 337 g/mol. The minimum Gasteiger partial charge on any atom is -0.347 e. The molecule has 2 aromatic rings. The van der Waals surface area contributed by atoms with E-state index in [9.17, 15) is 9.59 Å². The second-order valence-electron chi connectivity index (χ2n) is 4.60. The SMILES string of the molecule is O=C(NCCc1cccc(Cl)c1)C(=O)Nc1ccc(Cl)cc1. The number of carbonyl (C=O) groups excluding carboxylic acids is 2. The van der Waals surface area contributed by atoms with E-state index in [0.29, 0.717) is 28.7 Å². The zero-order valence-corrected chi connectivity index (χ0v) is 13.1. The monoisotopic (exact) mass is 336 g/mol. The Bertz CT molecular complexity index is 672. The van der Waals surface area contributed by atoms with E-state index in [1.165, 1.54) is 0 Å². The Kier molecular flexibility index (Phi) is 5.81. The van der Waals surface area contributed by atoms with Crippen LogP contribution < -0.4 is 10.6 Å². The van der Waals surface area contributed by atoms with Crippen LogP contribution in [-0.4, -0.2) is 18.4 Å². The van der Waals surface area contributed by atoms with E-state index in [2.05, 4.69) is 10.6 Å². The lowest BCUT2D eigenvalue weighted by atomic mass is 10.1. The Morgan fingerprint density at radius 1 is 0.909 bits per heavy atom. The van der Waals surface area contributed by atoms with Crippen molar-refractivity contribution < 1.29 is 9.59 Å². The van der Waals surface area contributed by atoms with Gasteiger partial charge in [-0.15, -0.1) is 0 Å². The van der Waals surface area contributed by atoms with Crippen LogP contribution in [0.2, 0.25) is 10.0 Å². The molecule has 2 amide bonds. The van der Waals surface area contributed by atoms with E-state index in [-0.39, 0.29) is 0 Å². The molecular formula is C16H14Cl2N2O2. The van der Waals surface area contributed by atoms with Crippen LogP contribution in [0.3, 0.4) is 0 Å². The lowest BCUT2D eigenvalue weighted by Crippen LogP contribution is -2.36. The van der Waals surface area contributed by atoms with Crippen LogP contribution >= 0.6 is 23.2 Å². The molecule has 2 aromatic carbocycles. The normalized spacial score (nSPS) is 10.1. The van der Waals surface area contributed by atoms with Crippen molar-refractivity contribution in [1.82, 2.24) is 5.32 Å². The number of nitrogens with one attached hydrogen (secondary N) is 2. The van der Waals surface area contributed by atoms with Crippen molar-refractivity contribution in [3.05, 3.63) is 64.1 Å². The Labute approximate surface area is 138 Å². The van der Waals surface area contributed by atoms with E-state index in [4.69, 9.17) is 23.2 Å². The fraction of sp³-hybridized carbons (Fsp3) is 0.125. The fourth-order valence-electron chi connectivity index (χ4n) is 1.81. The molecule has 0 unspecified atom stereocenters. The molecule has 0 heterocycles. The highest BCUT2D eigenvalue weighted by Gasteiger charge is 2.12. The van der Waals surface area contributed by atoms with Crippen molar-refractivity contribution in [2.45, 2.75) is 6.42 Å². The summed E-state index contributed by atoms with van der Waals surface area (Å²) >= 11 is 11.6. The third kappa shape index (κ3) is 5.06. The third-order valence-corrected chi connectivity index (χ3v) is 3.38. The molecule has 0 aliphatic rings. The number of anilines is 1.